The molecule has 0 bridgehead atoms. The van der Waals surface area contributed by atoms with Crippen LogP contribution in [-0.4, -0.2) is 0 Å². The molecule has 0 aromatic heterocycles. The molecular weight excluding hydrogens is 276 g/mol. The molecule has 1 atom stereocenters. The topological polar surface area (TPSA) is 0 Å². The molecule has 23 heavy (non-hydrogen) atoms. The molecule has 1 unspecified atom stereocenters. The number of hydrogen-bond acceptors (Lipinski definition) is 0. The van der Waals surface area contributed by atoms with E-state index in [1.165, 1.54) is 39.0 Å². The Morgan fingerprint density at radius 2 is 1.57 bits per heavy atom. The minimum Gasteiger partial charge on any atom is -0.0736 e. The second-order valence-electron chi connectivity index (χ2n) is 7.27. The first-order chi connectivity index (χ1) is 10.9. The summed E-state index contributed by atoms with van der Waals surface area (Å²) in [6, 6.07) is 15.8. The van der Waals surface area contributed by atoms with E-state index in [1.54, 1.807) is 0 Å². The van der Waals surface area contributed by atoms with Gasteiger partial charge >= 0.3 is 0 Å². The molecule has 1 aliphatic carbocycles. The standard InChI is InChI=1S/C23H26/c1-16-9-10-21(13-18(16)3)20-7-6-8-22(14-20)23(5)12-11-17(2)19(4)15-23/h6-14H,15H2,1-5H3. The van der Waals surface area contributed by atoms with Crippen molar-refractivity contribution < 1.29 is 0 Å². The minimum absolute atomic E-state index is 0.0966. The highest BCUT2D eigenvalue weighted by Gasteiger charge is 2.27. The van der Waals surface area contributed by atoms with E-state index in [4.69, 9.17) is 0 Å². The highest BCUT2D eigenvalue weighted by Crippen LogP contribution is 2.38. The molecule has 2 aromatic carbocycles. The summed E-state index contributed by atoms with van der Waals surface area (Å²) < 4.78 is 0. The van der Waals surface area contributed by atoms with E-state index >= 15 is 0 Å². The summed E-state index contributed by atoms with van der Waals surface area (Å²) in [5.41, 5.74) is 9.72. The molecular formula is C23H26. The van der Waals surface area contributed by atoms with Gasteiger partial charge in [-0.1, -0.05) is 72.7 Å². The molecule has 0 N–H and O–H groups in total. The van der Waals surface area contributed by atoms with E-state index in [0.29, 0.717) is 0 Å². The molecule has 118 valence electrons. The van der Waals surface area contributed by atoms with E-state index in [9.17, 15) is 0 Å². The maximum absolute atomic E-state index is 2.37. The van der Waals surface area contributed by atoms with Gasteiger partial charge in [0.05, 0.1) is 0 Å². The van der Waals surface area contributed by atoms with Crippen molar-refractivity contribution in [2.75, 3.05) is 0 Å². The first-order valence-corrected chi connectivity index (χ1v) is 8.43. The zero-order chi connectivity index (χ0) is 16.6. The Balaban J connectivity index is 2.01. The molecule has 0 aliphatic heterocycles. The van der Waals surface area contributed by atoms with Crippen LogP contribution in [0.5, 0.6) is 0 Å². The van der Waals surface area contributed by atoms with Crippen LogP contribution in [0.3, 0.4) is 0 Å². The summed E-state index contributed by atoms with van der Waals surface area (Å²) in [6.45, 7) is 11.2. The third-order valence-corrected chi connectivity index (χ3v) is 5.37. The molecule has 1 aliphatic rings. The van der Waals surface area contributed by atoms with Crippen LogP contribution in [0.2, 0.25) is 0 Å². The van der Waals surface area contributed by atoms with Crippen molar-refractivity contribution in [1.29, 1.82) is 0 Å². The first kappa shape index (κ1) is 15.8. The van der Waals surface area contributed by atoms with Gasteiger partial charge in [0.15, 0.2) is 0 Å². The molecule has 0 fully saturated rings. The molecule has 3 rings (SSSR count). The number of benzene rings is 2. The zero-order valence-corrected chi connectivity index (χ0v) is 14.9. The van der Waals surface area contributed by atoms with E-state index in [-0.39, 0.29) is 5.41 Å². The Bertz CT molecular complexity index is 805. The second kappa shape index (κ2) is 5.85. The summed E-state index contributed by atoms with van der Waals surface area (Å²) in [7, 11) is 0. The fraction of sp³-hybridized carbons (Fsp3) is 0.304. The van der Waals surface area contributed by atoms with Gasteiger partial charge in [-0.2, -0.15) is 0 Å². The summed E-state index contributed by atoms with van der Waals surface area (Å²) in [4.78, 5) is 0. The Kier molecular flexibility index (Phi) is 4.02. The van der Waals surface area contributed by atoms with Crippen LogP contribution in [0.15, 0.2) is 65.8 Å². The fourth-order valence-corrected chi connectivity index (χ4v) is 3.37. The minimum atomic E-state index is 0.0966. The van der Waals surface area contributed by atoms with Gasteiger partial charge in [0.1, 0.15) is 0 Å². The largest absolute Gasteiger partial charge is 0.0736 e. The molecule has 2 aromatic rings. The maximum Gasteiger partial charge on any atom is 0.0144 e. The molecule has 0 heteroatoms. The van der Waals surface area contributed by atoms with Crippen molar-refractivity contribution in [2.24, 2.45) is 0 Å². The molecule has 0 saturated heterocycles. The molecule has 0 spiro atoms. The van der Waals surface area contributed by atoms with Crippen molar-refractivity contribution >= 4 is 0 Å². The highest BCUT2D eigenvalue weighted by atomic mass is 14.3. The summed E-state index contributed by atoms with van der Waals surface area (Å²) in [5, 5.41) is 0. The monoisotopic (exact) mass is 302 g/mol. The number of rotatable bonds is 2. The van der Waals surface area contributed by atoms with Gasteiger partial charge in [0.25, 0.3) is 0 Å². The van der Waals surface area contributed by atoms with Crippen LogP contribution in [0.4, 0.5) is 0 Å². The SMILES string of the molecule is CC1=C(C)CC(C)(c2cccc(-c3ccc(C)c(C)c3)c2)C=C1. The fourth-order valence-electron chi connectivity index (χ4n) is 3.37. The summed E-state index contributed by atoms with van der Waals surface area (Å²) in [6.07, 6.45) is 5.75. The van der Waals surface area contributed by atoms with Crippen molar-refractivity contribution in [2.45, 2.75) is 46.5 Å². The van der Waals surface area contributed by atoms with Crippen LogP contribution in [0.25, 0.3) is 11.1 Å². The Morgan fingerprint density at radius 3 is 2.26 bits per heavy atom. The Morgan fingerprint density at radius 1 is 0.826 bits per heavy atom. The number of hydrogen-bond donors (Lipinski definition) is 0. The quantitative estimate of drug-likeness (QED) is 0.592. The van der Waals surface area contributed by atoms with Gasteiger partial charge in [-0.3, -0.25) is 0 Å². The third kappa shape index (κ3) is 3.03. The van der Waals surface area contributed by atoms with Crippen LogP contribution < -0.4 is 0 Å². The van der Waals surface area contributed by atoms with Gasteiger partial charge in [0, 0.05) is 5.41 Å². The lowest BCUT2D eigenvalue weighted by molar-refractivity contribution is 0.577. The van der Waals surface area contributed by atoms with Crippen LogP contribution in [0, 0.1) is 13.8 Å². The third-order valence-electron chi connectivity index (χ3n) is 5.37. The lowest BCUT2D eigenvalue weighted by Gasteiger charge is -2.31. The van der Waals surface area contributed by atoms with Gasteiger partial charge in [-0.15, -0.1) is 0 Å². The van der Waals surface area contributed by atoms with Crippen molar-refractivity contribution in [3.05, 3.63) is 82.5 Å². The van der Waals surface area contributed by atoms with Gasteiger partial charge in [-0.25, -0.2) is 0 Å². The van der Waals surface area contributed by atoms with Crippen molar-refractivity contribution in [1.82, 2.24) is 0 Å². The van der Waals surface area contributed by atoms with Crippen molar-refractivity contribution in [3.8, 4) is 11.1 Å². The average Bonchev–Trinajstić information content (AvgIpc) is 2.54. The molecule has 0 heterocycles. The average molecular weight is 302 g/mol. The van der Waals surface area contributed by atoms with Gasteiger partial charge < -0.3 is 0 Å². The Hall–Kier alpha value is -2.08. The van der Waals surface area contributed by atoms with E-state index in [1.807, 2.05) is 0 Å². The van der Waals surface area contributed by atoms with Crippen molar-refractivity contribution in [3.63, 3.8) is 0 Å². The lowest BCUT2D eigenvalue weighted by Crippen LogP contribution is -2.22. The van der Waals surface area contributed by atoms with Crippen LogP contribution in [0.1, 0.15) is 43.9 Å². The van der Waals surface area contributed by atoms with Gasteiger partial charge in [0.2, 0.25) is 0 Å². The normalized spacial score (nSPS) is 20.9. The maximum atomic E-state index is 2.37. The second-order valence-corrected chi connectivity index (χ2v) is 7.27. The van der Waals surface area contributed by atoms with E-state index in [0.717, 1.165) is 6.42 Å². The molecule has 0 amide bonds. The van der Waals surface area contributed by atoms with E-state index in [2.05, 4.69) is 89.2 Å². The predicted octanol–water partition coefficient (Wildman–Crippen LogP) is 6.52. The van der Waals surface area contributed by atoms with Crippen LogP contribution >= 0.6 is 0 Å². The van der Waals surface area contributed by atoms with Crippen LogP contribution in [-0.2, 0) is 5.41 Å². The lowest BCUT2D eigenvalue weighted by atomic mass is 9.73. The smallest absolute Gasteiger partial charge is 0.0144 e. The van der Waals surface area contributed by atoms with Gasteiger partial charge in [-0.05, 0) is 61.9 Å². The predicted molar refractivity (Wildman–Crippen MR) is 101 cm³/mol. The first-order valence-electron chi connectivity index (χ1n) is 8.43. The zero-order valence-electron chi connectivity index (χ0n) is 14.9. The molecule has 0 nitrogen and oxygen atoms in total. The molecule has 0 saturated carbocycles. The van der Waals surface area contributed by atoms with E-state index < -0.39 is 0 Å². The Labute approximate surface area is 140 Å². The highest BCUT2D eigenvalue weighted by molar-refractivity contribution is 5.66. The number of aryl methyl sites for hydroxylation is 2. The molecule has 0 radical (unpaired) electrons. The summed E-state index contributed by atoms with van der Waals surface area (Å²) >= 11 is 0. The summed E-state index contributed by atoms with van der Waals surface area (Å²) in [5.74, 6) is 0. The number of allylic oxidation sites excluding steroid dienone is 4.